The number of hydrogen-bond donors (Lipinski definition) is 1. The molecule has 0 amide bonds. The Morgan fingerprint density at radius 1 is 1.10 bits per heavy atom. The minimum atomic E-state index is 0.481. The highest BCUT2D eigenvalue weighted by atomic mass is 15.1. The van der Waals surface area contributed by atoms with Gasteiger partial charge in [-0.15, -0.1) is 0 Å². The van der Waals surface area contributed by atoms with Gasteiger partial charge in [0.05, 0.1) is 0 Å². The zero-order chi connectivity index (χ0) is 14.2. The van der Waals surface area contributed by atoms with Gasteiger partial charge in [0.25, 0.3) is 0 Å². The number of rotatable bonds is 6. The van der Waals surface area contributed by atoms with Crippen molar-refractivity contribution in [3.05, 3.63) is 35.4 Å². The third-order valence-corrected chi connectivity index (χ3v) is 4.34. The lowest BCUT2D eigenvalue weighted by Gasteiger charge is -2.28. The molecule has 1 N–H and O–H groups in total. The van der Waals surface area contributed by atoms with E-state index in [-0.39, 0.29) is 0 Å². The monoisotopic (exact) mass is 274 g/mol. The quantitative estimate of drug-likeness (QED) is 0.846. The summed E-state index contributed by atoms with van der Waals surface area (Å²) in [6.07, 6.45) is 6.76. The largest absolute Gasteiger partial charge is 0.309 e. The lowest BCUT2D eigenvalue weighted by Crippen LogP contribution is -2.36. The van der Waals surface area contributed by atoms with Crippen LogP contribution in [0.25, 0.3) is 0 Å². The molecule has 1 unspecified atom stereocenters. The maximum atomic E-state index is 3.75. The average molecular weight is 274 g/mol. The molecule has 0 aromatic heterocycles. The zero-order valence-corrected chi connectivity index (χ0v) is 13.2. The molecule has 1 atom stereocenters. The van der Waals surface area contributed by atoms with Gasteiger partial charge in [-0.25, -0.2) is 0 Å². The van der Waals surface area contributed by atoms with Gasteiger partial charge >= 0.3 is 0 Å². The van der Waals surface area contributed by atoms with Crippen molar-refractivity contribution >= 4 is 0 Å². The molecule has 112 valence electrons. The Bertz CT molecular complexity index is 381. The number of nitrogens with one attached hydrogen (secondary N) is 1. The Hall–Kier alpha value is -0.860. The van der Waals surface area contributed by atoms with Crippen LogP contribution in [0.3, 0.4) is 0 Å². The fourth-order valence-electron chi connectivity index (χ4n) is 3.15. The Balaban J connectivity index is 2.04. The van der Waals surface area contributed by atoms with Gasteiger partial charge in [0.15, 0.2) is 0 Å². The van der Waals surface area contributed by atoms with Crippen molar-refractivity contribution in [2.24, 2.45) is 0 Å². The van der Waals surface area contributed by atoms with Crippen LogP contribution in [0, 0.1) is 6.92 Å². The highest BCUT2D eigenvalue weighted by molar-refractivity contribution is 5.29. The maximum absolute atomic E-state index is 3.75. The molecule has 0 saturated carbocycles. The topological polar surface area (TPSA) is 15.3 Å². The van der Waals surface area contributed by atoms with Crippen molar-refractivity contribution < 1.29 is 0 Å². The molecule has 1 saturated heterocycles. The molecule has 1 aromatic carbocycles. The Kier molecular flexibility index (Phi) is 6.55. The molecule has 1 aromatic rings. The van der Waals surface area contributed by atoms with Crippen LogP contribution < -0.4 is 5.32 Å². The molecule has 20 heavy (non-hydrogen) atoms. The predicted octanol–water partition coefficient (Wildman–Crippen LogP) is 3.91. The van der Waals surface area contributed by atoms with Gasteiger partial charge in [-0.3, -0.25) is 0 Å². The molecule has 0 bridgehead atoms. The number of nitrogens with zero attached hydrogens (tertiary/aromatic N) is 1. The average Bonchev–Trinajstić information content (AvgIpc) is 2.73. The van der Waals surface area contributed by atoms with E-state index in [0.29, 0.717) is 6.04 Å². The summed E-state index contributed by atoms with van der Waals surface area (Å²) in [4.78, 5) is 2.66. The first-order valence-electron chi connectivity index (χ1n) is 8.32. The van der Waals surface area contributed by atoms with E-state index in [1.807, 2.05) is 0 Å². The second-order valence-corrected chi connectivity index (χ2v) is 6.08. The van der Waals surface area contributed by atoms with Crippen LogP contribution in [0.1, 0.15) is 56.2 Å². The molecule has 1 heterocycles. The summed E-state index contributed by atoms with van der Waals surface area (Å²) in [6.45, 7) is 9.29. The van der Waals surface area contributed by atoms with Crippen LogP contribution in [0.15, 0.2) is 24.3 Å². The van der Waals surface area contributed by atoms with E-state index in [9.17, 15) is 0 Å². The fourth-order valence-corrected chi connectivity index (χ4v) is 3.15. The van der Waals surface area contributed by atoms with Crippen molar-refractivity contribution in [3.8, 4) is 0 Å². The molecule has 0 radical (unpaired) electrons. The van der Waals surface area contributed by atoms with E-state index in [2.05, 4.69) is 48.3 Å². The Labute approximate surface area is 124 Å². The highest BCUT2D eigenvalue weighted by Gasteiger charge is 2.17. The summed E-state index contributed by atoms with van der Waals surface area (Å²) >= 11 is 0. The standard InChI is InChI=1S/C18H30N2/c1-3-12-19-18(17-11-7-6-10-16(17)2)15-20-13-8-4-5-9-14-20/h6-7,10-11,18-19H,3-5,8-9,12-15H2,1-2H3. The summed E-state index contributed by atoms with van der Waals surface area (Å²) in [5.74, 6) is 0. The first-order valence-corrected chi connectivity index (χ1v) is 8.32. The predicted molar refractivity (Wildman–Crippen MR) is 87.1 cm³/mol. The van der Waals surface area contributed by atoms with E-state index in [1.54, 1.807) is 0 Å². The van der Waals surface area contributed by atoms with Crippen LogP contribution >= 0.6 is 0 Å². The molecule has 2 nitrogen and oxygen atoms in total. The lowest BCUT2D eigenvalue weighted by molar-refractivity contribution is 0.251. The minimum absolute atomic E-state index is 0.481. The van der Waals surface area contributed by atoms with E-state index in [0.717, 1.165) is 13.1 Å². The SMILES string of the molecule is CCCNC(CN1CCCCCC1)c1ccccc1C. The molecule has 1 aliphatic rings. The van der Waals surface area contributed by atoms with Gasteiger partial charge in [-0.2, -0.15) is 0 Å². The Morgan fingerprint density at radius 2 is 1.80 bits per heavy atom. The first-order chi connectivity index (χ1) is 9.81. The number of likely N-dealkylation sites (tertiary alicyclic amines) is 1. The maximum Gasteiger partial charge on any atom is 0.0451 e. The Morgan fingerprint density at radius 3 is 2.45 bits per heavy atom. The second-order valence-electron chi connectivity index (χ2n) is 6.08. The second kappa shape index (κ2) is 8.43. The van der Waals surface area contributed by atoms with Gasteiger partial charge in [-0.05, 0) is 56.9 Å². The molecule has 1 fully saturated rings. The van der Waals surface area contributed by atoms with Gasteiger partial charge in [0.1, 0.15) is 0 Å². The summed E-state index contributed by atoms with van der Waals surface area (Å²) in [5, 5.41) is 3.75. The van der Waals surface area contributed by atoms with Gasteiger partial charge in [-0.1, -0.05) is 44.0 Å². The minimum Gasteiger partial charge on any atom is -0.309 e. The van der Waals surface area contributed by atoms with Crippen molar-refractivity contribution in [3.63, 3.8) is 0 Å². The molecule has 0 spiro atoms. The van der Waals surface area contributed by atoms with Crippen LogP contribution in [0.4, 0.5) is 0 Å². The molecule has 0 aliphatic carbocycles. The summed E-state index contributed by atoms with van der Waals surface area (Å²) in [7, 11) is 0. The highest BCUT2D eigenvalue weighted by Crippen LogP contribution is 2.20. The van der Waals surface area contributed by atoms with Crippen LogP contribution in [0.2, 0.25) is 0 Å². The van der Waals surface area contributed by atoms with Crippen molar-refractivity contribution in [1.82, 2.24) is 10.2 Å². The third kappa shape index (κ3) is 4.60. The molecule has 2 heteroatoms. The van der Waals surface area contributed by atoms with Gasteiger partial charge < -0.3 is 10.2 Å². The van der Waals surface area contributed by atoms with E-state index in [4.69, 9.17) is 0 Å². The first kappa shape index (κ1) is 15.5. The van der Waals surface area contributed by atoms with E-state index < -0.39 is 0 Å². The summed E-state index contributed by atoms with van der Waals surface area (Å²) in [5.41, 5.74) is 2.89. The van der Waals surface area contributed by atoms with Crippen molar-refractivity contribution in [2.45, 2.75) is 52.0 Å². The number of benzene rings is 1. The van der Waals surface area contributed by atoms with E-state index in [1.165, 1.54) is 56.3 Å². The zero-order valence-electron chi connectivity index (χ0n) is 13.2. The molecular weight excluding hydrogens is 244 g/mol. The van der Waals surface area contributed by atoms with Crippen molar-refractivity contribution in [1.29, 1.82) is 0 Å². The number of aryl methyl sites for hydroxylation is 1. The third-order valence-electron chi connectivity index (χ3n) is 4.34. The van der Waals surface area contributed by atoms with Gasteiger partial charge in [0.2, 0.25) is 0 Å². The van der Waals surface area contributed by atoms with Crippen LogP contribution in [0.5, 0.6) is 0 Å². The normalized spacial score (nSPS) is 18.7. The lowest BCUT2D eigenvalue weighted by atomic mass is 10.0. The summed E-state index contributed by atoms with van der Waals surface area (Å²) < 4.78 is 0. The summed E-state index contributed by atoms with van der Waals surface area (Å²) in [6, 6.07) is 9.32. The molecular formula is C18H30N2. The molecule has 2 rings (SSSR count). The smallest absolute Gasteiger partial charge is 0.0451 e. The van der Waals surface area contributed by atoms with Crippen LogP contribution in [-0.2, 0) is 0 Å². The van der Waals surface area contributed by atoms with E-state index >= 15 is 0 Å². The van der Waals surface area contributed by atoms with Crippen LogP contribution in [-0.4, -0.2) is 31.1 Å². The molecule has 1 aliphatic heterocycles. The fraction of sp³-hybridized carbons (Fsp3) is 0.667. The number of hydrogen-bond acceptors (Lipinski definition) is 2. The van der Waals surface area contributed by atoms with Gasteiger partial charge in [0, 0.05) is 12.6 Å². The van der Waals surface area contributed by atoms with Crippen molar-refractivity contribution in [2.75, 3.05) is 26.2 Å².